The molecule has 0 bridgehead atoms. The van der Waals surface area contributed by atoms with E-state index in [1.165, 1.54) is 7.11 Å². The number of ether oxygens (including phenoxy) is 2. The van der Waals surface area contributed by atoms with E-state index >= 15 is 0 Å². The highest BCUT2D eigenvalue weighted by molar-refractivity contribution is 6.00. The highest BCUT2D eigenvalue weighted by Crippen LogP contribution is 2.16. The number of rotatable bonds is 5. The van der Waals surface area contributed by atoms with Gasteiger partial charge >= 0.3 is 5.97 Å². The molecule has 8 heteroatoms. The van der Waals surface area contributed by atoms with E-state index in [4.69, 9.17) is 4.74 Å². The largest absolute Gasteiger partial charge is 0.465 e. The summed E-state index contributed by atoms with van der Waals surface area (Å²) >= 11 is 0. The van der Waals surface area contributed by atoms with Crippen molar-refractivity contribution in [2.45, 2.75) is 46.1 Å². The van der Waals surface area contributed by atoms with E-state index < -0.39 is 12.3 Å². The van der Waals surface area contributed by atoms with E-state index in [2.05, 4.69) is 30.7 Å². The van der Waals surface area contributed by atoms with Gasteiger partial charge in [-0.25, -0.2) is 4.79 Å². The predicted molar refractivity (Wildman–Crippen MR) is 96.7 cm³/mol. The first-order valence-corrected chi connectivity index (χ1v) is 8.18. The van der Waals surface area contributed by atoms with Crippen molar-refractivity contribution in [2.75, 3.05) is 7.11 Å². The number of nitrogens with zero attached hydrogens (tertiary/aromatic N) is 2. The lowest BCUT2D eigenvalue weighted by Gasteiger charge is -2.25. The monoisotopic (exact) mass is 347 g/mol. The fraction of sp³-hybridized carbons (Fsp3) is 0.471. The van der Waals surface area contributed by atoms with Crippen LogP contribution >= 0.6 is 0 Å². The molecule has 0 saturated carbocycles. The summed E-state index contributed by atoms with van der Waals surface area (Å²) in [5, 5.41) is 9.52. The highest BCUT2D eigenvalue weighted by atomic mass is 16.5. The van der Waals surface area contributed by atoms with Crippen LogP contribution in [0.15, 0.2) is 34.3 Å². The van der Waals surface area contributed by atoms with E-state index in [0.717, 1.165) is 0 Å². The lowest BCUT2D eigenvalue weighted by Crippen LogP contribution is -2.53. The first-order valence-electron chi connectivity index (χ1n) is 8.18. The molecule has 0 amide bonds. The summed E-state index contributed by atoms with van der Waals surface area (Å²) in [6.45, 7) is 8.08. The summed E-state index contributed by atoms with van der Waals surface area (Å²) in [7, 11) is 1.34. The maximum Gasteiger partial charge on any atom is 0.337 e. The third-order valence-corrected chi connectivity index (χ3v) is 3.08. The van der Waals surface area contributed by atoms with Crippen molar-refractivity contribution < 1.29 is 14.3 Å². The molecule has 1 aromatic carbocycles. The molecule has 3 N–H and O–H groups in total. The molecule has 0 atom stereocenters. The van der Waals surface area contributed by atoms with Crippen LogP contribution in [-0.2, 0) is 4.74 Å². The van der Waals surface area contributed by atoms with Crippen molar-refractivity contribution in [1.29, 1.82) is 0 Å². The Morgan fingerprint density at radius 2 is 1.56 bits per heavy atom. The van der Waals surface area contributed by atoms with Gasteiger partial charge in [-0.15, -0.1) is 0 Å². The number of carbonyl (C=O) groups is 1. The molecule has 0 radical (unpaired) electrons. The predicted octanol–water partition coefficient (Wildman–Crippen LogP) is 1.45. The van der Waals surface area contributed by atoms with Gasteiger partial charge < -0.3 is 20.1 Å². The molecule has 0 saturated heterocycles. The molecule has 1 aliphatic rings. The number of esters is 1. The van der Waals surface area contributed by atoms with Crippen molar-refractivity contribution in [3.8, 4) is 5.75 Å². The number of hydrogen-bond donors (Lipinski definition) is 3. The summed E-state index contributed by atoms with van der Waals surface area (Å²) in [4.78, 5) is 20.3. The average Bonchev–Trinajstić information content (AvgIpc) is 2.53. The Morgan fingerprint density at radius 3 is 2.00 bits per heavy atom. The Labute approximate surface area is 147 Å². The summed E-state index contributed by atoms with van der Waals surface area (Å²) in [6, 6.07) is 7.07. The molecule has 0 fully saturated rings. The minimum atomic E-state index is -0.729. The molecule has 1 aliphatic heterocycles. The standard InChI is InChI=1S/C17H25N5O3/c1-10(2)18-15-20-16(19-11(3)4)22-17(21-15)25-13-8-6-12(7-9-13)14(23)24-5/h6-11,17H,1-5H3,(H3,18,19,20,21,22). The molecule has 2 rings (SSSR count). The Bertz CT molecular complexity index is 627. The zero-order valence-electron chi connectivity index (χ0n) is 15.2. The zero-order chi connectivity index (χ0) is 18.4. The Balaban J connectivity index is 2.13. The third-order valence-electron chi connectivity index (χ3n) is 3.08. The fourth-order valence-electron chi connectivity index (χ4n) is 2.08. The van der Waals surface area contributed by atoms with Crippen molar-refractivity contribution in [3.05, 3.63) is 29.8 Å². The second-order valence-electron chi connectivity index (χ2n) is 6.14. The van der Waals surface area contributed by atoms with Crippen LogP contribution in [0.3, 0.4) is 0 Å². The highest BCUT2D eigenvalue weighted by Gasteiger charge is 2.19. The number of benzene rings is 1. The first kappa shape index (κ1) is 18.6. The molecular formula is C17H25N5O3. The van der Waals surface area contributed by atoms with E-state index in [0.29, 0.717) is 23.2 Å². The maximum absolute atomic E-state index is 11.5. The van der Waals surface area contributed by atoms with Crippen LogP contribution < -0.4 is 20.7 Å². The Kier molecular flexibility index (Phi) is 6.21. The van der Waals surface area contributed by atoms with Gasteiger partial charge in [0, 0.05) is 12.1 Å². The second kappa shape index (κ2) is 8.36. The van der Waals surface area contributed by atoms with Gasteiger partial charge in [0.25, 0.3) is 6.35 Å². The summed E-state index contributed by atoms with van der Waals surface area (Å²) < 4.78 is 10.5. The number of guanidine groups is 2. The normalized spacial score (nSPS) is 14.5. The van der Waals surface area contributed by atoms with Crippen molar-refractivity contribution in [3.63, 3.8) is 0 Å². The quantitative estimate of drug-likeness (QED) is 0.698. The van der Waals surface area contributed by atoms with Gasteiger partial charge in [-0.2, -0.15) is 9.98 Å². The number of nitrogens with one attached hydrogen (secondary N) is 3. The van der Waals surface area contributed by atoms with Gasteiger partial charge in [0.1, 0.15) is 5.75 Å². The number of carbonyl (C=O) groups excluding carboxylic acids is 1. The van der Waals surface area contributed by atoms with Crippen LogP contribution in [-0.4, -0.2) is 43.4 Å². The topological polar surface area (TPSA) is 96.3 Å². The minimum absolute atomic E-state index is 0.213. The van der Waals surface area contributed by atoms with Crippen LogP contribution in [0.1, 0.15) is 38.1 Å². The van der Waals surface area contributed by atoms with Crippen LogP contribution in [0.2, 0.25) is 0 Å². The van der Waals surface area contributed by atoms with E-state index in [1.54, 1.807) is 24.3 Å². The lowest BCUT2D eigenvalue weighted by atomic mass is 10.2. The van der Waals surface area contributed by atoms with E-state index in [-0.39, 0.29) is 12.1 Å². The van der Waals surface area contributed by atoms with Crippen molar-refractivity contribution >= 4 is 17.9 Å². The molecule has 0 aliphatic carbocycles. The van der Waals surface area contributed by atoms with Crippen LogP contribution in [0.25, 0.3) is 0 Å². The van der Waals surface area contributed by atoms with E-state index in [9.17, 15) is 4.79 Å². The molecule has 0 spiro atoms. The van der Waals surface area contributed by atoms with Gasteiger partial charge in [0.05, 0.1) is 12.7 Å². The smallest absolute Gasteiger partial charge is 0.337 e. The fourth-order valence-corrected chi connectivity index (χ4v) is 2.08. The van der Waals surface area contributed by atoms with Gasteiger partial charge in [-0.3, -0.25) is 5.32 Å². The molecule has 0 unspecified atom stereocenters. The van der Waals surface area contributed by atoms with Gasteiger partial charge in [0.15, 0.2) is 0 Å². The van der Waals surface area contributed by atoms with E-state index in [1.807, 2.05) is 27.7 Å². The van der Waals surface area contributed by atoms with Crippen molar-refractivity contribution in [2.24, 2.45) is 9.98 Å². The number of aliphatic imine (C=N–C) groups is 2. The molecule has 25 heavy (non-hydrogen) atoms. The van der Waals surface area contributed by atoms with Gasteiger partial charge in [-0.05, 0) is 52.0 Å². The Morgan fingerprint density at radius 1 is 1.04 bits per heavy atom. The summed E-state index contributed by atoms with van der Waals surface area (Å²) in [5.74, 6) is 1.34. The van der Waals surface area contributed by atoms with Crippen LogP contribution in [0.4, 0.5) is 0 Å². The SMILES string of the molecule is COC(=O)c1ccc(OC2N=C(NC(C)C)NC(NC(C)C)=N2)cc1. The third kappa shape index (κ3) is 5.66. The zero-order valence-corrected chi connectivity index (χ0v) is 15.2. The molecule has 136 valence electrons. The minimum Gasteiger partial charge on any atom is -0.465 e. The van der Waals surface area contributed by atoms with Crippen molar-refractivity contribution in [1.82, 2.24) is 16.0 Å². The number of methoxy groups -OCH3 is 1. The second-order valence-corrected chi connectivity index (χ2v) is 6.14. The van der Waals surface area contributed by atoms with Crippen LogP contribution in [0.5, 0.6) is 5.75 Å². The Hall–Kier alpha value is -2.77. The molecular weight excluding hydrogens is 322 g/mol. The first-order chi connectivity index (χ1) is 11.9. The average molecular weight is 347 g/mol. The summed E-state index contributed by atoms with van der Waals surface area (Å²) in [6.07, 6.45) is -0.729. The molecule has 1 heterocycles. The molecule has 1 aromatic rings. The number of hydrogen-bond acceptors (Lipinski definition) is 8. The molecule has 0 aromatic heterocycles. The maximum atomic E-state index is 11.5. The van der Waals surface area contributed by atoms with Gasteiger partial charge in [-0.1, -0.05) is 0 Å². The molecule has 8 nitrogen and oxygen atoms in total. The lowest BCUT2D eigenvalue weighted by molar-refractivity contribution is 0.0600. The van der Waals surface area contributed by atoms with Gasteiger partial charge in [0.2, 0.25) is 11.9 Å². The summed E-state index contributed by atoms with van der Waals surface area (Å²) in [5.41, 5.74) is 0.455. The van der Waals surface area contributed by atoms with Crippen LogP contribution in [0, 0.1) is 0 Å².